The third-order valence-electron chi connectivity index (χ3n) is 5.39. The normalized spacial score (nSPS) is 13.0. The number of hydrogen-bond acceptors (Lipinski definition) is 2. The lowest BCUT2D eigenvalue weighted by Gasteiger charge is -2.18. The minimum atomic E-state index is -0.0209. The van der Waals surface area contributed by atoms with E-state index in [0.29, 0.717) is 24.6 Å². The van der Waals surface area contributed by atoms with Gasteiger partial charge in [-0.05, 0) is 47.2 Å². The number of benzene rings is 3. The van der Waals surface area contributed by atoms with Crippen molar-refractivity contribution >= 4 is 11.8 Å². The highest BCUT2D eigenvalue weighted by Crippen LogP contribution is 2.20. The van der Waals surface area contributed by atoms with Gasteiger partial charge in [0.2, 0.25) is 5.91 Å². The van der Waals surface area contributed by atoms with Crippen molar-refractivity contribution in [3.63, 3.8) is 0 Å². The molecule has 0 bridgehead atoms. The number of carbonyl (C=O) groups excluding carboxylic acids is 2. The lowest BCUT2D eigenvalue weighted by molar-refractivity contribution is -0.129. The summed E-state index contributed by atoms with van der Waals surface area (Å²) in [5.74, 6) is 0.0467. The fraction of sp³-hybridized carbons (Fsp3) is 0.231. The predicted molar refractivity (Wildman–Crippen MR) is 119 cm³/mol. The third-order valence-corrected chi connectivity index (χ3v) is 5.39. The van der Waals surface area contributed by atoms with Gasteiger partial charge >= 0.3 is 0 Å². The van der Waals surface area contributed by atoms with Crippen LogP contribution in [0, 0.1) is 0 Å². The summed E-state index contributed by atoms with van der Waals surface area (Å²) in [6.07, 6.45) is 2.52. The van der Waals surface area contributed by atoms with Gasteiger partial charge in [0.15, 0.2) is 0 Å². The first-order valence-electron chi connectivity index (χ1n) is 10.4. The van der Waals surface area contributed by atoms with Gasteiger partial charge in [0.1, 0.15) is 0 Å². The molecule has 1 fully saturated rings. The minimum Gasteiger partial charge on any atom is -0.349 e. The van der Waals surface area contributed by atoms with Crippen LogP contribution in [-0.4, -0.2) is 29.8 Å². The van der Waals surface area contributed by atoms with Crippen molar-refractivity contribution < 1.29 is 9.59 Å². The second-order valence-corrected chi connectivity index (χ2v) is 7.93. The summed E-state index contributed by atoms with van der Waals surface area (Å²) in [6.45, 7) is 0.519. The van der Waals surface area contributed by atoms with Crippen LogP contribution >= 0.6 is 0 Å². The average molecular weight is 399 g/mol. The van der Waals surface area contributed by atoms with Gasteiger partial charge in [0.05, 0.1) is 6.42 Å². The van der Waals surface area contributed by atoms with E-state index in [1.165, 1.54) is 5.56 Å². The molecule has 1 aliphatic rings. The first kappa shape index (κ1) is 19.9. The molecule has 4 heteroatoms. The summed E-state index contributed by atoms with van der Waals surface area (Å²) in [7, 11) is 1.81. The third kappa shape index (κ3) is 5.15. The molecule has 0 aromatic heterocycles. The Bertz CT molecular complexity index is 1010. The van der Waals surface area contributed by atoms with E-state index >= 15 is 0 Å². The van der Waals surface area contributed by atoms with Crippen molar-refractivity contribution in [3.8, 4) is 11.1 Å². The van der Waals surface area contributed by atoms with Gasteiger partial charge < -0.3 is 10.2 Å². The van der Waals surface area contributed by atoms with E-state index in [1.807, 2.05) is 61.6 Å². The van der Waals surface area contributed by atoms with Crippen LogP contribution in [0.3, 0.4) is 0 Å². The quantitative estimate of drug-likeness (QED) is 0.639. The molecule has 3 aromatic rings. The maximum Gasteiger partial charge on any atom is 0.251 e. The molecule has 4 nitrogen and oxygen atoms in total. The summed E-state index contributed by atoms with van der Waals surface area (Å²) in [5.41, 5.74) is 4.98. The van der Waals surface area contributed by atoms with Crippen LogP contribution in [0.5, 0.6) is 0 Å². The van der Waals surface area contributed by atoms with Gasteiger partial charge in [-0.3, -0.25) is 9.59 Å². The Balaban J connectivity index is 1.31. The van der Waals surface area contributed by atoms with Crippen LogP contribution in [0.1, 0.15) is 34.3 Å². The van der Waals surface area contributed by atoms with Crippen LogP contribution in [0.4, 0.5) is 0 Å². The number of rotatable bonds is 7. The smallest absolute Gasteiger partial charge is 0.251 e. The highest BCUT2D eigenvalue weighted by molar-refractivity contribution is 5.94. The second kappa shape index (κ2) is 8.95. The fourth-order valence-electron chi connectivity index (χ4n) is 3.38. The molecule has 0 spiro atoms. The molecule has 0 unspecified atom stereocenters. The van der Waals surface area contributed by atoms with Gasteiger partial charge in [-0.15, -0.1) is 0 Å². The molecule has 0 heterocycles. The van der Waals surface area contributed by atoms with Crippen LogP contribution in [0.2, 0.25) is 0 Å². The van der Waals surface area contributed by atoms with E-state index in [4.69, 9.17) is 0 Å². The molecule has 1 saturated carbocycles. The van der Waals surface area contributed by atoms with Crippen molar-refractivity contribution in [1.82, 2.24) is 10.2 Å². The molecule has 2 amide bonds. The summed E-state index contributed by atoms with van der Waals surface area (Å²) < 4.78 is 0. The summed E-state index contributed by atoms with van der Waals surface area (Å²) in [4.78, 5) is 26.4. The molecule has 4 rings (SSSR count). The Morgan fingerprint density at radius 2 is 1.43 bits per heavy atom. The zero-order valence-electron chi connectivity index (χ0n) is 17.2. The van der Waals surface area contributed by atoms with E-state index in [0.717, 1.165) is 29.5 Å². The van der Waals surface area contributed by atoms with Crippen molar-refractivity contribution in [1.29, 1.82) is 0 Å². The van der Waals surface area contributed by atoms with E-state index in [1.54, 1.807) is 4.90 Å². The first-order chi connectivity index (χ1) is 14.6. The van der Waals surface area contributed by atoms with Crippen LogP contribution < -0.4 is 5.32 Å². The lowest BCUT2D eigenvalue weighted by atomic mass is 10.0. The highest BCUT2D eigenvalue weighted by Gasteiger charge is 2.23. The minimum absolute atomic E-state index is 0.0209. The second-order valence-electron chi connectivity index (χ2n) is 7.93. The molecule has 3 aromatic carbocycles. The molecule has 0 atom stereocenters. The van der Waals surface area contributed by atoms with E-state index in [2.05, 4.69) is 29.6 Å². The molecule has 0 saturated heterocycles. The van der Waals surface area contributed by atoms with E-state index < -0.39 is 0 Å². The zero-order valence-corrected chi connectivity index (χ0v) is 17.2. The maximum atomic E-state index is 12.6. The topological polar surface area (TPSA) is 49.4 Å². The molecular formula is C26H26N2O2. The number of likely N-dealkylation sites (N-methyl/N-ethyl adjacent to an activating group) is 1. The van der Waals surface area contributed by atoms with Crippen molar-refractivity contribution in [2.24, 2.45) is 0 Å². The number of nitrogens with zero attached hydrogens (tertiary/aromatic N) is 1. The molecule has 0 radical (unpaired) electrons. The van der Waals surface area contributed by atoms with Crippen LogP contribution in [-0.2, 0) is 17.8 Å². The molecule has 152 valence electrons. The van der Waals surface area contributed by atoms with E-state index in [-0.39, 0.29) is 11.8 Å². The fourth-order valence-corrected chi connectivity index (χ4v) is 3.38. The Labute approximate surface area is 177 Å². The summed E-state index contributed by atoms with van der Waals surface area (Å²) >= 11 is 0. The predicted octanol–water partition coefficient (Wildman–Crippen LogP) is 4.45. The van der Waals surface area contributed by atoms with Crippen molar-refractivity contribution in [2.45, 2.75) is 31.8 Å². The standard InChI is InChI=1S/C26H26N2O2/c1-28(18-20-9-13-23(14-10-20)26(30)27-24-15-16-24)25(29)17-19-7-11-22(12-8-19)21-5-3-2-4-6-21/h2-14,24H,15-18H2,1H3,(H,27,30). The molecule has 30 heavy (non-hydrogen) atoms. The summed E-state index contributed by atoms with van der Waals surface area (Å²) in [5, 5.41) is 2.99. The Morgan fingerprint density at radius 1 is 0.833 bits per heavy atom. The molecular weight excluding hydrogens is 372 g/mol. The van der Waals surface area contributed by atoms with Gasteiger partial charge in [-0.25, -0.2) is 0 Å². The SMILES string of the molecule is CN(Cc1ccc(C(=O)NC2CC2)cc1)C(=O)Cc1ccc(-c2ccccc2)cc1. The lowest BCUT2D eigenvalue weighted by Crippen LogP contribution is -2.28. The molecule has 1 N–H and O–H groups in total. The van der Waals surface area contributed by atoms with Crippen LogP contribution in [0.15, 0.2) is 78.9 Å². The largest absolute Gasteiger partial charge is 0.349 e. The van der Waals surface area contributed by atoms with Gasteiger partial charge in [0, 0.05) is 25.2 Å². The monoisotopic (exact) mass is 398 g/mol. The van der Waals surface area contributed by atoms with Gasteiger partial charge in [-0.1, -0.05) is 66.7 Å². The van der Waals surface area contributed by atoms with Gasteiger partial charge in [0.25, 0.3) is 5.91 Å². The molecule has 1 aliphatic carbocycles. The Hall–Kier alpha value is -3.40. The van der Waals surface area contributed by atoms with E-state index in [9.17, 15) is 9.59 Å². The first-order valence-corrected chi connectivity index (χ1v) is 10.4. The number of carbonyl (C=O) groups is 2. The Morgan fingerprint density at radius 3 is 2.07 bits per heavy atom. The highest BCUT2D eigenvalue weighted by atomic mass is 16.2. The molecule has 0 aliphatic heterocycles. The number of amides is 2. The van der Waals surface area contributed by atoms with Gasteiger partial charge in [-0.2, -0.15) is 0 Å². The van der Waals surface area contributed by atoms with Crippen molar-refractivity contribution in [2.75, 3.05) is 7.05 Å². The Kier molecular flexibility index (Phi) is 5.94. The number of nitrogens with one attached hydrogen (secondary N) is 1. The maximum absolute atomic E-state index is 12.6. The summed E-state index contributed by atoms with van der Waals surface area (Å²) in [6, 6.07) is 26.2. The zero-order chi connectivity index (χ0) is 20.9. The number of hydrogen-bond donors (Lipinski definition) is 1. The van der Waals surface area contributed by atoms with Crippen molar-refractivity contribution in [3.05, 3.63) is 95.6 Å². The average Bonchev–Trinajstić information content (AvgIpc) is 3.59. The van der Waals surface area contributed by atoms with Crippen LogP contribution in [0.25, 0.3) is 11.1 Å².